The Labute approximate surface area is 203 Å². The number of amides is 2. The fourth-order valence-corrected chi connectivity index (χ4v) is 4.97. The lowest BCUT2D eigenvalue weighted by atomic mass is 10.0. The van der Waals surface area contributed by atoms with E-state index in [1.54, 1.807) is 11.1 Å². The molecule has 3 aliphatic heterocycles. The zero-order valence-corrected chi connectivity index (χ0v) is 19.8. The Kier molecular flexibility index (Phi) is 6.42. The number of aromatic nitrogens is 2. The van der Waals surface area contributed by atoms with Crippen LogP contribution >= 0.6 is 11.6 Å². The Bertz CT molecular complexity index is 1090. The number of carbonyl (C=O) groups excluding carboxylic acids is 2. The second-order valence-electron chi connectivity index (χ2n) is 9.02. The SMILES string of the molecule is CC(=O)NC1CCOC(N2Cc3ccc(-c4ccnc(NC5(Cl)CCOCC5)n4)cc3C2=O)C1. The molecule has 1 aromatic carbocycles. The minimum atomic E-state index is -0.625. The number of anilines is 1. The van der Waals surface area contributed by atoms with Crippen molar-refractivity contribution in [2.24, 2.45) is 0 Å². The van der Waals surface area contributed by atoms with Crippen LogP contribution in [0.3, 0.4) is 0 Å². The van der Waals surface area contributed by atoms with Crippen LogP contribution < -0.4 is 10.6 Å². The van der Waals surface area contributed by atoms with Gasteiger partial charge in [0.25, 0.3) is 5.91 Å². The molecular formula is C24H28ClN5O4. The van der Waals surface area contributed by atoms with Crippen molar-refractivity contribution >= 4 is 29.4 Å². The van der Waals surface area contributed by atoms with Crippen molar-refractivity contribution < 1.29 is 19.1 Å². The summed E-state index contributed by atoms with van der Waals surface area (Å²) in [5, 5.41) is 6.18. The average molecular weight is 486 g/mol. The van der Waals surface area contributed by atoms with E-state index in [1.807, 2.05) is 24.3 Å². The van der Waals surface area contributed by atoms with E-state index in [-0.39, 0.29) is 24.1 Å². The Morgan fingerprint density at radius 3 is 2.85 bits per heavy atom. The zero-order chi connectivity index (χ0) is 23.7. The highest BCUT2D eigenvalue weighted by atomic mass is 35.5. The van der Waals surface area contributed by atoms with Crippen molar-refractivity contribution in [3.05, 3.63) is 41.6 Å². The van der Waals surface area contributed by atoms with E-state index in [1.165, 1.54) is 6.92 Å². The highest BCUT2D eigenvalue weighted by Crippen LogP contribution is 2.33. The lowest BCUT2D eigenvalue weighted by Crippen LogP contribution is -2.48. The predicted molar refractivity (Wildman–Crippen MR) is 126 cm³/mol. The Morgan fingerprint density at radius 1 is 1.24 bits per heavy atom. The van der Waals surface area contributed by atoms with Crippen molar-refractivity contribution in [3.63, 3.8) is 0 Å². The van der Waals surface area contributed by atoms with E-state index in [0.29, 0.717) is 62.8 Å². The van der Waals surface area contributed by atoms with Crippen LogP contribution in [0.2, 0.25) is 0 Å². The van der Waals surface area contributed by atoms with Gasteiger partial charge in [-0.1, -0.05) is 23.7 Å². The Hall–Kier alpha value is -2.75. The minimum Gasteiger partial charge on any atom is -0.381 e. The number of carbonyl (C=O) groups is 2. The summed E-state index contributed by atoms with van der Waals surface area (Å²) in [6.45, 7) is 3.68. The molecule has 0 bridgehead atoms. The Morgan fingerprint density at radius 2 is 2.06 bits per heavy atom. The smallest absolute Gasteiger partial charge is 0.256 e. The summed E-state index contributed by atoms with van der Waals surface area (Å²) in [6, 6.07) is 7.64. The third kappa shape index (κ3) is 4.87. The molecule has 0 spiro atoms. The van der Waals surface area contributed by atoms with Crippen LogP contribution in [0.5, 0.6) is 0 Å². The molecular weight excluding hydrogens is 458 g/mol. The van der Waals surface area contributed by atoms with Gasteiger partial charge in [-0.05, 0) is 24.1 Å². The molecule has 2 amide bonds. The maximum atomic E-state index is 13.3. The van der Waals surface area contributed by atoms with E-state index in [4.69, 9.17) is 21.1 Å². The van der Waals surface area contributed by atoms with E-state index in [9.17, 15) is 9.59 Å². The van der Waals surface area contributed by atoms with Gasteiger partial charge >= 0.3 is 0 Å². The molecule has 34 heavy (non-hydrogen) atoms. The van der Waals surface area contributed by atoms with Crippen LogP contribution in [0.1, 0.15) is 48.5 Å². The van der Waals surface area contributed by atoms with Gasteiger partial charge in [0.2, 0.25) is 11.9 Å². The molecule has 9 nitrogen and oxygen atoms in total. The number of hydrogen-bond donors (Lipinski definition) is 2. The predicted octanol–water partition coefficient (Wildman–Crippen LogP) is 2.90. The molecule has 10 heteroatoms. The first kappa shape index (κ1) is 23.0. The number of fused-ring (bicyclic) bond motifs is 1. The topological polar surface area (TPSA) is 106 Å². The first-order chi connectivity index (χ1) is 16.4. The molecule has 1 aromatic heterocycles. The molecule has 5 rings (SSSR count). The van der Waals surface area contributed by atoms with Gasteiger partial charge in [-0.2, -0.15) is 0 Å². The number of nitrogens with one attached hydrogen (secondary N) is 2. The molecule has 0 aliphatic carbocycles. The summed E-state index contributed by atoms with van der Waals surface area (Å²) in [6.07, 6.45) is 3.98. The molecule has 2 unspecified atom stereocenters. The molecule has 2 saturated heterocycles. The van der Waals surface area contributed by atoms with Gasteiger partial charge in [0.1, 0.15) is 11.2 Å². The van der Waals surface area contributed by atoms with Crippen LogP contribution in [0.25, 0.3) is 11.3 Å². The molecule has 2 atom stereocenters. The molecule has 2 aromatic rings. The summed E-state index contributed by atoms with van der Waals surface area (Å²) in [5.41, 5.74) is 3.14. The van der Waals surface area contributed by atoms with Crippen molar-refractivity contribution in [2.75, 3.05) is 25.1 Å². The van der Waals surface area contributed by atoms with Crippen molar-refractivity contribution in [1.29, 1.82) is 0 Å². The van der Waals surface area contributed by atoms with Gasteiger partial charge in [0.15, 0.2) is 0 Å². The molecule has 0 saturated carbocycles. The standard InChI is InChI=1S/C24H28ClN5O4/c1-15(31)27-18-5-9-34-21(13-18)30-14-17-3-2-16(12-19(17)22(30)32)20-4-8-26-23(28-20)29-24(25)6-10-33-11-7-24/h2-4,8,12,18,21H,5-7,9-11,13-14H2,1H3,(H,27,31)(H,26,28,29). The summed E-state index contributed by atoms with van der Waals surface area (Å²) in [4.78, 5) is 34.8. The highest BCUT2D eigenvalue weighted by Gasteiger charge is 2.37. The normalized spacial score (nSPS) is 23.9. The Balaban J connectivity index is 1.32. The van der Waals surface area contributed by atoms with Crippen LogP contribution in [-0.2, 0) is 20.8 Å². The second kappa shape index (κ2) is 9.48. The van der Waals surface area contributed by atoms with Crippen LogP contribution in [0.15, 0.2) is 30.5 Å². The summed E-state index contributed by atoms with van der Waals surface area (Å²) >= 11 is 6.68. The van der Waals surface area contributed by atoms with Gasteiger partial charge in [-0.15, -0.1) is 0 Å². The maximum Gasteiger partial charge on any atom is 0.256 e. The third-order valence-corrected chi connectivity index (χ3v) is 7.00. The molecule has 2 N–H and O–H groups in total. The largest absolute Gasteiger partial charge is 0.381 e. The molecule has 180 valence electrons. The third-order valence-electron chi connectivity index (χ3n) is 6.53. The van der Waals surface area contributed by atoms with Gasteiger partial charge < -0.3 is 25.0 Å². The van der Waals surface area contributed by atoms with Crippen LogP contribution in [-0.4, -0.2) is 63.8 Å². The van der Waals surface area contributed by atoms with Gasteiger partial charge in [-0.3, -0.25) is 9.59 Å². The molecule has 2 fully saturated rings. The average Bonchev–Trinajstić information content (AvgIpc) is 3.15. The number of benzene rings is 1. The van der Waals surface area contributed by atoms with E-state index in [2.05, 4.69) is 20.6 Å². The first-order valence-corrected chi connectivity index (χ1v) is 12.0. The lowest BCUT2D eigenvalue weighted by Gasteiger charge is -2.35. The molecule has 3 aliphatic rings. The van der Waals surface area contributed by atoms with E-state index in [0.717, 1.165) is 17.5 Å². The summed E-state index contributed by atoms with van der Waals surface area (Å²) in [5.74, 6) is 0.309. The monoisotopic (exact) mass is 485 g/mol. The fourth-order valence-electron chi connectivity index (χ4n) is 4.73. The fraction of sp³-hybridized carbons (Fsp3) is 0.500. The number of halogens is 1. The number of alkyl halides is 1. The molecule has 0 radical (unpaired) electrons. The van der Waals surface area contributed by atoms with Crippen molar-refractivity contribution in [2.45, 2.75) is 56.4 Å². The first-order valence-electron chi connectivity index (χ1n) is 11.6. The number of rotatable bonds is 5. The number of hydrogen-bond acceptors (Lipinski definition) is 7. The lowest BCUT2D eigenvalue weighted by molar-refractivity contribution is -0.122. The van der Waals surface area contributed by atoms with Gasteiger partial charge in [0, 0.05) is 56.1 Å². The summed E-state index contributed by atoms with van der Waals surface area (Å²) < 4.78 is 11.3. The highest BCUT2D eigenvalue weighted by molar-refractivity contribution is 6.25. The van der Waals surface area contributed by atoms with Gasteiger partial charge in [0.05, 0.1) is 25.5 Å². The van der Waals surface area contributed by atoms with Crippen molar-refractivity contribution in [3.8, 4) is 11.3 Å². The molecule has 4 heterocycles. The summed E-state index contributed by atoms with van der Waals surface area (Å²) in [7, 11) is 0. The van der Waals surface area contributed by atoms with Crippen LogP contribution in [0, 0.1) is 0 Å². The quantitative estimate of drug-likeness (QED) is 0.495. The zero-order valence-electron chi connectivity index (χ0n) is 19.1. The van der Waals surface area contributed by atoms with Crippen LogP contribution in [0.4, 0.5) is 5.95 Å². The van der Waals surface area contributed by atoms with E-state index >= 15 is 0 Å². The van der Waals surface area contributed by atoms with E-state index < -0.39 is 5.00 Å². The number of ether oxygens (including phenoxy) is 2. The second-order valence-corrected chi connectivity index (χ2v) is 9.74. The number of nitrogens with zero attached hydrogens (tertiary/aromatic N) is 3. The minimum absolute atomic E-state index is 0.0104. The van der Waals surface area contributed by atoms with Crippen molar-refractivity contribution in [1.82, 2.24) is 20.2 Å². The maximum absolute atomic E-state index is 13.3. The van der Waals surface area contributed by atoms with Gasteiger partial charge in [-0.25, -0.2) is 9.97 Å².